The summed E-state index contributed by atoms with van der Waals surface area (Å²) in [6.07, 6.45) is 6.85. The van der Waals surface area contributed by atoms with Crippen molar-refractivity contribution in [2.24, 2.45) is 0 Å². The average Bonchev–Trinajstić information content (AvgIpc) is 3.61. The number of aromatic amines is 1. The molecule has 0 spiro atoms. The van der Waals surface area contributed by atoms with E-state index in [0.717, 1.165) is 30.2 Å². The number of fused-ring (bicyclic) bond motifs is 1. The third kappa shape index (κ3) is 4.71. The molecule has 0 radical (unpaired) electrons. The fraction of sp³-hybridized carbons (Fsp3) is 0.321. The van der Waals surface area contributed by atoms with E-state index >= 15 is 0 Å². The van der Waals surface area contributed by atoms with Gasteiger partial charge in [-0.3, -0.25) is 14.4 Å². The van der Waals surface area contributed by atoms with Crippen LogP contribution in [0.1, 0.15) is 75.8 Å². The van der Waals surface area contributed by atoms with Gasteiger partial charge < -0.3 is 15.6 Å². The number of aromatic nitrogens is 1. The number of nitrogens with one attached hydrogen (secondary N) is 3. The van der Waals surface area contributed by atoms with Gasteiger partial charge in [0.05, 0.1) is 22.9 Å². The number of sulfone groups is 1. The molecule has 2 fully saturated rings. The minimum absolute atomic E-state index is 0.136. The number of benzene rings is 2. The fourth-order valence-corrected chi connectivity index (χ4v) is 6.36. The number of hydrogen-bond donors (Lipinski definition) is 3. The Bertz CT molecular complexity index is 1610. The highest BCUT2D eigenvalue weighted by Crippen LogP contribution is 2.41. The first-order chi connectivity index (χ1) is 17.8. The summed E-state index contributed by atoms with van der Waals surface area (Å²) in [5.74, 6) is -0.342. The van der Waals surface area contributed by atoms with Crippen molar-refractivity contribution in [1.29, 1.82) is 0 Å². The normalized spacial score (nSPS) is 20.5. The Balaban J connectivity index is 1.33. The molecule has 3 N–H and O–H groups in total. The van der Waals surface area contributed by atoms with Crippen molar-refractivity contribution in [3.8, 4) is 0 Å². The number of H-pyrrole nitrogens is 1. The van der Waals surface area contributed by atoms with Gasteiger partial charge in [-0.25, -0.2) is 8.42 Å². The quantitative estimate of drug-likeness (QED) is 0.456. The second-order valence-corrected chi connectivity index (χ2v) is 12.2. The van der Waals surface area contributed by atoms with Crippen molar-refractivity contribution in [2.75, 3.05) is 11.1 Å². The van der Waals surface area contributed by atoms with E-state index in [4.69, 9.17) is 0 Å². The van der Waals surface area contributed by atoms with Crippen LogP contribution in [0.15, 0.2) is 58.7 Å². The van der Waals surface area contributed by atoms with Gasteiger partial charge in [0.2, 0.25) is 0 Å². The number of hydrogen-bond acceptors (Lipinski definition) is 5. The number of carbonyl (C=O) groups excluding carboxylic acids is 2. The molecule has 1 aliphatic heterocycles. The van der Waals surface area contributed by atoms with Gasteiger partial charge >= 0.3 is 0 Å². The largest absolute Gasteiger partial charge is 0.345 e. The Labute approximate surface area is 214 Å². The van der Waals surface area contributed by atoms with Crippen LogP contribution < -0.4 is 16.2 Å². The molecule has 8 nitrogen and oxygen atoms in total. The molecule has 9 heteroatoms. The molecule has 2 aliphatic carbocycles. The molecular weight excluding hydrogens is 490 g/mol. The van der Waals surface area contributed by atoms with Crippen LogP contribution in [0.5, 0.6) is 0 Å². The molecular formula is C28H27N3O5S. The monoisotopic (exact) mass is 517 g/mol. The fourth-order valence-electron chi connectivity index (χ4n) is 5.13. The molecule has 2 amide bonds. The summed E-state index contributed by atoms with van der Waals surface area (Å²) in [5.41, 5.74) is 2.89. The third-order valence-electron chi connectivity index (χ3n) is 7.53. The molecule has 1 atom stereocenters. The predicted octanol–water partition coefficient (Wildman–Crippen LogP) is 3.97. The Hall–Kier alpha value is -3.72. The zero-order chi connectivity index (χ0) is 25.7. The van der Waals surface area contributed by atoms with Crippen molar-refractivity contribution in [3.63, 3.8) is 0 Å². The van der Waals surface area contributed by atoms with Crippen molar-refractivity contribution in [1.82, 2.24) is 10.3 Å². The van der Waals surface area contributed by atoms with Crippen molar-refractivity contribution < 1.29 is 18.0 Å². The number of amides is 2. The minimum Gasteiger partial charge on any atom is -0.345 e. The smallest absolute Gasteiger partial charge is 0.261 e. The molecule has 6 rings (SSSR count). The Morgan fingerprint density at radius 3 is 2.30 bits per heavy atom. The van der Waals surface area contributed by atoms with Gasteiger partial charge in [0.1, 0.15) is 5.56 Å². The summed E-state index contributed by atoms with van der Waals surface area (Å²) in [6, 6.07) is 12.4. The lowest BCUT2D eigenvalue weighted by atomic mass is 9.77. The molecule has 0 bridgehead atoms. The van der Waals surface area contributed by atoms with Gasteiger partial charge in [0, 0.05) is 11.1 Å². The Morgan fingerprint density at radius 2 is 1.68 bits per heavy atom. The van der Waals surface area contributed by atoms with Crippen LogP contribution in [0, 0.1) is 0 Å². The Morgan fingerprint density at radius 1 is 0.919 bits per heavy atom. The first kappa shape index (κ1) is 23.7. The van der Waals surface area contributed by atoms with Gasteiger partial charge in [-0.2, -0.15) is 0 Å². The maximum Gasteiger partial charge on any atom is 0.261 e. The zero-order valence-corrected chi connectivity index (χ0v) is 20.9. The molecule has 0 saturated heterocycles. The lowest BCUT2D eigenvalue weighted by Gasteiger charge is -2.28. The molecule has 2 aromatic carbocycles. The number of pyridine rings is 1. The molecule has 3 aliphatic rings. The van der Waals surface area contributed by atoms with Crippen LogP contribution in [0.2, 0.25) is 0 Å². The average molecular weight is 518 g/mol. The summed E-state index contributed by atoms with van der Waals surface area (Å²) < 4.78 is 23.3. The maximum absolute atomic E-state index is 13.6. The van der Waals surface area contributed by atoms with Crippen LogP contribution in [0.25, 0.3) is 10.9 Å². The number of rotatable bonds is 6. The second-order valence-electron chi connectivity index (χ2n) is 10.2. The first-order valence-corrected chi connectivity index (χ1v) is 14.3. The van der Waals surface area contributed by atoms with E-state index in [2.05, 4.69) is 15.6 Å². The molecule has 2 heterocycles. The summed E-state index contributed by atoms with van der Waals surface area (Å²) in [7, 11) is -3.35. The summed E-state index contributed by atoms with van der Waals surface area (Å²) in [5, 5.41) is 7.19. The van der Waals surface area contributed by atoms with Gasteiger partial charge in [-0.1, -0.05) is 30.7 Å². The van der Waals surface area contributed by atoms with E-state index in [1.54, 1.807) is 0 Å². The van der Waals surface area contributed by atoms with E-state index < -0.39 is 27.3 Å². The second kappa shape index (κ2) is 8.99. The van der Waals surface area contributed by atoms with Crippen LogP contribution >= 0.6 is 0 Å². The van der Waals surface area contributed by atoms with E-state index in [9.17, 15) is 22.8 Å². The molecule has 190 valence electrons. The molecule has 2 saturated carbocycles. The lowest BCUT2D eigenvalue weighted by molar-refractivity contribution is 0.0945. The van der Waals surface area contributed by atoms with Crippen molar-refractivity contribution in [2.45, 2.75) is 50.0 Å². The summed E-state index contributed by atoms with van der Waals surface area (Å²) in [6.45, 7) is 0. The third-order valence-corrected chi connectivity index (χ3v) is 8.93. The van der Waals surface area contributed by atoms with Crippen LogP contribution in [0.4, 0.5) is 5.69 Å². The molecule has 3 aromatic rings. The predicted molar refractivity (Wildman–Crippen MR) is 142 cm³/mol. The highest BCUT2D eigenvalue weighted by molar-refractivity contribution is 7.94. The van der Waals surface area contributed by atoms with Crippen LogP contribution in [-0.2, 0) is 9.84 Å². The first-order valence-electron chi connectivity index (χ1n) is 12.6. The molecule has 1 aromatic heterocycles. The van der Waals surface area contributed by atoms with E-state index in [0.29, 0.717) is 28.1 Å². The van der Waals surface area contributed by atoms with Crippen LogP contribution in [0.3, 0.4) is 0 Å². The highest BCUT2D eigenvalue weighted by atomic mass is 32.2. The standard InChI is InChI=1S/C28H27N3O5S/c32-26(30-21-12-13-37(35,36)15-21)23-14-19-8-11-22(18-2-1-3-18)24(25(19)31-27(23)33)28(34)29-20-9-6-17(7-10-20)16-4-5-16/h6-14,16,18,21H,1-5,15H2,(H,29,34)(H,30,32)(H,31,33)/t21-/m1/s1. The molecule has 37 heavy (non-hydrogen) atoms. The maximum atomic E-state index is 13.6. The highest BCUT2D eigenvalue weighted by Gasteiger charge is 2.29. The zero-order valence-electron chi connectivity index (χ0n) is 20.1. The topological polar surface area (TPSA) is 125 Å². The van der Waals surface area contributed by atoms with Gasteiger partial charge in [-0.05, 0) is 78.3 Å². The summed E-state index contributed by atoms with van der Waals surface area (Å²) in [4.78, 5) is 42.2. The number of anilines is 1. The SMILES string of the molecule is O=C(N[C@@H]1C=CS(=O)(=O)C1)c1cc2ccc(C3CCC3)c(C(=O)Nc3ccc(C4CC4)cc3)c2[nH]c1=O. The van der Waals surface area contributed by atoms with E-state index in [-0.39, 0.29) is 23.1 Å². The minimum atomic E-state index is -3.35. The van der Waals surface area contributed by atoms with Gasteiger partial charge in [0.15, 0.2) is 9.84 Å². The van der Waals surface area contributed by atoms with E-state index in [1.807, 2.05) is 36.4 Å². The van der Waals surface area contributed by atoms with Crippen LogP contribution in [-0.4, -0.2) is 37.0 Å². The lowest BCUT2D eigenvalue weighted by Crippen LogP contribution is -2.38. The van der Waals surface area contributed by atoms with E-state index in [1.165, 1.54) is 30.5 Å². The van der Waals surface area contributed by atoms with Gasteiger partial charge in [0.25, 0.3) is 17.4 Å². The Kier molecular flexibility index (Phi) is 5.75. The van der Waals surface area contributed by atoms with Gasteiger partial charge in [-0.15, -0.1) is 0 Å². The summed E-state index contributed by atoms with van der Waals surface area (Å²) >= 11 is 0. The molecule has 0 unspecified atom stereocenters. The van der Waals surface area contributed by atoms with Crippen molar-refractivity contribution >= 4 is 38.2 Å². The number of carbonyl (C=O) groups is 2. The van der Waals surface area contributed by atoms with Crippen molar-refractivity contribution in [3.05, 3.63) is 86.6 Å².